The van der Waals surface area contributed by atoms with E-state index in [1.54, 1.807) is 11.1 Å². The molecule has 2 rings (SSSR count). The maximum atomic E-state index is 3.93. The van der Waals surface area contributed by atoms with Crippen LogP contribution < -0.4 is 5.32 Å². The second kappa shape index (κ2) is 7.45. The molecule has 0 aromatic heterocycles. The van der Waals surface area contributed by atoms with Crippen LogP contribution in [0.2, 0.25) is 0 Å². The van der Waals surface area contributed by atoms with Gasteiger partial charge in [-0.2, -0.15) is 0 Å². The van der Waals surface area contributed by atoms with Crippen LogP contribution in [-0.4, -0.2) is 6.54 Å². The average Bonchev–Trinajstić information content (AvgIpc) is 2.49. The van der Waals surface area contributed by atoms with Crippen LogP contribution in [-0.2, 0) is 6.42 Å². The van der Waals surface area contributed by atoms with E-state index in [-0.39, 0.29) is 0 Å². The number of benzene rings is 1. The van der Waals surface area contributed by atoms with Crippen LogP contribution in [0.3, 0.4) is 0 Å². The van der Waals surface area contributed by atoms with Crippen LogP contribution in [0.15, 0.2) is 24.3 Å². The van der Waals surface area contributed by atoms with Gasteiger partial charge in [0.05, 0.1) is 0 Å². The molecule has 2 unspecified atom stereocenters. The van der Waals surface area contributed by atoms with Gasteiger partial charge in [0.1, 0.15) is 0 Å². The van der Waals surface area contributed by atoms with Gasteiger partial charge in [-0.05, 0) is 48.3 Å². The van der Waals surface area contributed by atoms with Gasteiger partial charge in [-0.1, -0.05) is 71.2 Å². The molecule has 1 nitrogen and oxygen atoms in total. The third-order valence-electron chi connectivity index (χ3n) is 5.34. The van der Waals surface area contributed by atoms with Gasteiger partial charge in [0, 0.05) is 6.04 Å². The Bertz CT molecular complexity index is 435. The van der Waals surface area contributed by atoms with Gasteiger partial charge in [-0.15, -0.1) is 0 Å². The molecule has 1 N–H and O–H groups in total. The van der Waals surface area contributed by atoms with E-state index in [0.29, 0.717) is 11.5 Å². The molecular weight excluding hydrogens is 254 g/mol. The molecule has 1 aliphatic rings. The highest BCUT2D eigenvalue weighted by atomic mass is 14.9. The van der Waals surface area contributed by atoms with E-state index in [0.717, 1.165) is 5.92 Å². The highest BCUT2D eigenvalue weighted by Crippen LogP contribution is 2.43. The molecule has 0 heterocycles. The summed E-state index contributed by atoms with van der Waals surface area (Å²) >= 11 is 0. The Balaban J connectivity index is 2.06. The zero-order valence-electron chi connectivity index (χ0n) is 14.4. The van der Waals surface area contributed by atoms with Crippen molar-refractivity contribution in [1.82, 2.24) is 5.32 Å². The molecule has 21 heavy (non-hydrogen) atoms. The number of aryl methyl sites for hydroxylation is 1. The molecule has 0 spiro atoms. The first-order chi connectivity index (χ1) is 10.1. The predicted molar refractivity (Wildman–Crippen MR) is 92.6 cm³/mol. The van der Waals surface area contributed by atoms with Gasteiger partial charge in [0.2, 0.25) is 0 Å². The first kappa shape index (κ1) is 16.5. The van der Waals surface area contributed by atoms with Gasteiger partial charge in [-0.25, -0.2) is 0 Å². The molecule has 0 fully saturated rings. The number of unbranched alkanes of at least 4 members (excludes halogenated alkanes) is 1. The summed E-state index contributed by atoms with van der Waals surface area (Å²) in [6.07, 6.45) is 7.86. The standard InChI is InChI=1S/C20H33N/c1-5-7-10-16(6-2)15-21-19-18-12-9-8-11-17(18)13-14-20(19,3)4/h8-9,11-12,16,19,21H,5-7,10,13-15H2,1-4H3. The monoisotopic (exact) mass is 287 g/mol. The highest BCUT2D eigenvalue weighted by molar-refractivity contribution is 5.34. The molecule has 1 aliphatic carbocycles. The van der Waals surface area contributed by atoms with Crippen molar-refractivity contribution in [2.45, 2.75) is 72.3 Å². The molecule has 1 heteroatoms. The lowest BCUT2D eigenvalue weighted by Gasteiger charge is -2.41. The lowest BCUT2D eigenvalue weighted by Crippen LogP contribution is -2.40. The lowest BCUT2D eigenvalue weighted by atomic mass is 9.70. The summed E-state index contributed by atoms with van der Waals surface area (Å²) in [6, 6.07) is 9.54. The van der Waals surface area contributed by atoms with Crippen molar-refractivity contribution in [2.75, 3.05) is 6.54 Å². The first-order valence-electron chi connectivity index (χ1n) is 8.89. The van der Waals surface area contributed by atoms with E-state index in [1.165, 1.54) is 45.1 Å². The van der Waals surface area contributed by atoms with E-state index in [1.807, 2.05) is 0 Å². The van der Waals surface area contributed by atoms with Crippen molar-refractivity contribution < 1.29 is 0 Å². The Morgan fingerprint density at radius 1 is 1.24 bits per heavy atom. The normalized spacial score (nSPS) is 21.8. The first-order valence-corrected chi connectivity index (χ1v) is 8.89. The Kier molecular flexibility index (Phi) is 5.87. The van der Waals surface area contributed by atoms with Crippen LogP contribution in [0, 0.1) is 11.3 Å². The summed E-state index contributed by atoms with van der Waals surface area (Å²) in [7, 11) is 0. The summed E-state index contributed by atoms with van der Waals surface area (Å²) in [6.45, 7) is 10.6. The number of hydrogen-bond donors (Lipinski definition) is 1. The van der Waals surface area contributed by atoms with Crippen molar-refractivity contribution in [3.05, 3.63) is 35.4 Å². The van der Waals surface area contributed by atoms with E-state index in [2.05, 4.69) is 57.3 Å². The van der Waals surface area contributed by atoms with E-state index < -0.39 is 0 Å². The summed E-state index contributed by atoms with van der Waals surface area (Å²) in [5.41, 5.74) is 3.45. The van der Waals surface area contributed by atoms with E-state index in [4.69, 9.17) is 0 Å². The number of nitrogens with one attached hydrogen (secondary N) is 1. The van der Waals surface area contributed by atoms with Crippen molar-refractivity contribution >= 4 is 0 Å². The summed E-state index contributed by atoms with van der Waals surface area (Å²) in [5, 5.41) is 3.93. The van der Waals surface area contributed by atoms with Gasteiger partial charge in [0.15, 0.2) is 0 Å². The molecule has 0 radical (unpaired) electrons. The summed E-state index contributed by atoms with van der Waals surface area (Å²) < 4.78 is 0. The van der Waals surface area contributed by atoms with Crippen LogP contribution in [0.1, 0.15) is 77.0 Å². The minimum atomic E-state index is 0.359. The van der Waals surface area contributed by atoms with Crippen molar-refractivity contribution in [3.63, 3.8) is 0 Å². The SMILES string of the molecule is CCCCC(CC)CNC1c2ccccc2CCC1(C)C. The topological polar surface area (TPSA) is 12.0 Å². The number of fused-ring (bicyclic) bond motifs is 1. The molecule has 0 bridgehead atoms. The zero-order chi connectivity index (χ0) is 15.3. The fourth-order valence-electron chi connectivity index (χ4n) is 3.68. The van der Waals surface area contributed by atoms with Crippen molar-refractivity contribution in [3.8, 4) is 0 Å². The average molecular weight is 287 g/mol. The second-order valence-electron chi connectivity index (χ2n) is 7.45. The molecular formula is C20H33N. The zero-order valence-corrected chi connectivity index (χ0v) is 14.4. The van der Waals surface area contributed by atoms with Crippen molar-refractivity contribution in [2.24, 2.45) is 11.3 Å². The molecule has 2 atom stereocenters. The number of rotatable bonds is 7. The van der Waals surface area contributed by atoms with Crippen LogP contribution in [0.4, 0.5) is 0 Å². The highest BCUT2D eigenvalue weighted by Gasteiger charge is 2.35. The third-order valence-corrected chi connectivity index (χ3v) is 5.34. The molecule has 1 aromatic rings. The molecule has 118 valence electrons. The summed E-state index contributed by atoms with van der Waals surface area (Å²) in [5.74, 6) is 0.829. The maximum Gasteiger partial charge on any atom is 0.0374 e. The van der Waals surface area contributed by atoms with Crippen LogP contribution >= 0.6 is 0 Å². The van der Waals surface area contributed by atoms with E-state index >= 15 is 0 Å². The largest absolute Gasteiger partial charge is 0.309 e. The Morgan fingerprint density at radius 3 is 2.71 bits per heavy atom. The van der Waals surface area contributed by atoms with Gasteiger partial charge in [-0.3, -0.25) is 0 Å². The second-order valence-corrected chi connectivity index (χ2v) is 7.45. The quantitative estimate of drug-likeness (QED) is 0.697. The molecule has 0 amide bonds. The van der Waals surface area contributed by atoms with Crippen LogP contribution in [0.5, 0.6) is 0 Å². The fourth-order valence-corrected chi connectivity index (χ4v) is 3.68. The minimum Gasteiger partial charge on any atom is -0.309 e. The van der Waals surface area contributed by atoms with Gasteiger partial charge >= 0.3 is 0 Å². The van der Waals surface area contributed by atoms with Gasteiger partial charge < -0.3 is 5.32 Å². The van der Waals surface area contributed by atoms with Crippen molar-refractivity contribution in [1.29, 1.82) is 0 Å². The Morgan fingerprint density at radius 2 is 2.00 bits per heavy atom. The van der Waals surface area contributed by atoms with Crippen LogP contribution in [0.25, 0.3) is 0 Å². The lowest BCUT2D eigenvalue weighted by molar-refractivity contribution is 0.199. The molecule has 1 aromatic carbocycles. The summed E-state index contributed by atoms with van der Waals surface area (Å²) in [4.78, 5) is 0. The maximum absolute atomic E-state index is 3.93. The smallest absolute Gasteiger partial charge is 0.0374 e. The predicted octanol–water partition coefficient (Wildman–Crippen LogP) is 5.51. The Labute approximate surface area is 131 Å². The number of hydrogen-bond acceptors (Lipinski definition) is 1. The molecule has 0 saturated carbocycles. The fraction of sp³-hybridized carbons (Fsp3) is 0.700. The van der Waals surface area contributed by atoms with E-state index in [9.17, 15) is 0 Å². The third kappa shape index (κ3) is 4.10. The molecule has 0 aliphatic heterocycles. The Hall–Kier alpha value is -0.820. The minimum absolute atomic E-state index is 0.359. The molecule has 0 saturated heterocycles. The van der Waals surface area contributed by atoms with Gasteiger partial charge in [0.25, 0.3) is 0 Å².